The number of nitrogens with one attached hydrogen (secondary N) is 2. The van der Waals surface area contributed by atoms with Gasteiger partial charge in [-0.3, -0.25) is 9.59 Å². The lowest BCUT2D eigenvalue weighted by Gasteiger charge is -2.13. The van der Waals surface area contributed by atoms with Crippen molar-refractivity contribution >= 4 is 23.4 Å². The van der Waals surface area contributed by atoms with E-state index in [0.717, 1.165) is 0 Å². The van der Waals surface area contributed by atoms with Crippen molar-refractivity contribution in [3.63, 3.8) is 0 Å². The van der Waals surface area contributed by atoms with E-state index < -0.39 is 5.25 Å². The monoisotopic (exact) mass is 363 g/mol. The first-order valence-corrected chi connectivity index (χ1v) is 8.64. The molecule has 2 N–H and O–H groups in total. The molecule has 0 radical (unpaired) electrons. The fourth-order valence-electron chi connectivity index (χ4n) is 2.10. The van der Waals surface area contributed by atoms with Crippen LogP contribution < -0.4 is 20.3 Å². The van der Waals surface area contributed by atoms with Gasteiger partial charge in [0.15, 0.2) is 16.7 Å². The van der Waals surface area contributed by atoms with Crippen molar-refractivity contribution in [3.05, 3.63) is 40.3 Å². The minimum absolute atomic E-state index is 0.207. The van der Waals surface area contributed by atoms with Crippen LogP contribution in [0, 0.1) is 0 Å². The predicted octanol–water partition coefficient (Wildman–Crippen LogP) is 2.47. The van der Waals surface area contributed by atoms with Crippen molar-refractivity contribution in [2.24, 2.45) is 0 Å². The predicted molar refractivity (Wildman–Crippen MR) is 97.7 cm³/mol. The number of hydrogen-bond donors (Lipinski definition) is 2. The number of hydrogen-bond acceptors (Lipinski definition) is 6. The van der Waals surface area contributed by atoms with Gasteiger partial charge in [0.2, 0.25) is 5.91 Å². The van der Waals surface area contributed by atoms with Gasteiger partial charge in [-0.1, -0.05) is 18.7 Å². The van der Waals surface area contributed by atoms with Gasteiger partial charge in [0, 0.05) is 23.5 Å². The maximum atomic E-state index is 12.4. The van der Waals surface area contributed by atoms with Crippen LogP contribution in [-0.4, -0.2) is 35.3 Å². The van der Waals surface area contributed by atoms with Gasteiger partial charge in [0.25, 0.3) is 5.56 Å². The second-order valence-corrected chi connectivity index (χ2v) is 6.54. The number of aromatic nitrogens is 2. The van der Waals surface area contributed by atoms with E-state index in [2.05, 4.69) is 15.3 Å². The lowest BCUT2D eigenvalue weighted by atomic mass is 10.2. The molecule has 0 spiro atoms. The maximum absolute atomic E-state index is 12.4. The molecule has 0 aliphatic rings. The van der Waals surface area contributed by atoms with Crippen LogP contribution in [0.25, 0.3) is 0 Å². The molecule has 1 unspecified atom stereocenters. The Morgan fingerprint density at radius 2 is 2.00 bits per heavy atom. The molecule has 0 bridgehead atoms. The zero-order chi connectivity index (χ0) is 18.4. The van der Waals surface area contributed by atoms with Gasteiger partial charge >= 0.3 is 0 Å². The third-order valence-electron chi connectivity index (χ3n) is 3.44. The number of aryl methyl sites for hydroxylation is 1. The number of anilines is 1. The number of ether oxygens (including phenoxy) is 2. The summed E-state index contributed by atoms with van der Waals surface area (Å²) in [5.74, 6) is 0.907. The Balaban J connectivity index is 2.08. The summed E-state index contributed by atoms with van der Waals surface area (Å²) in [5, 5.41) is 2.80. The Hall–Kier alpha value is -2.48. The topological polar surface area (TPSA) is 93.3 Å². The number of rotatable bonds is 7. The highest BCUT2D eigenvalue weighted by Gasteiger charge is 2.17. The Bertz CT molecular complexity index is 807. The van der Waals surface area contributed by atoms with E-state index >= 15 is 0 Å². The molecule has 1 aromatic carbocycles. The quantitative estimate of drug-likeness (QED) is 0.580. The zero-order valence-electron chi connectivity index (χ0n) is 14.6. The van der Waals surface area contributed by atoms with E-state index in [4.69, 9.17) is 9.47 Å². The van der Waals surface area contributed by atoms with Gasteiger partial charge in [-0.15, -0.1) is 0 Å². The molecule has 1 amide bonds. The number of amides is 1. The summed E-state index contributed by atoms with van der Waals surface area (Å²) >= 11 is 1.20. The SMILES string of the molecule is CCc1cc(=O)[nH]c(SC(C)C(=O)Nc2ccc(OC)c(OC)c2)n1. The van der Waals surface area contributed by atoms with Crippen molar-refractivity contribution in [3.8, 4) is 11.5 Å². The molecule has 134 valence electrons. The van der Waals surface area contributed by atoms with Crippen LogP contribution in [0.15, 0.2) is 34.2 Å². The molecule has 7 nitrogen and oxygen atoms in total. The fraction of sp³-hybridized carbons (Fsp3) is 0.353. The van der Waals surface area contributed by atoms with E-state index in [1.165, 1.54) is 24.9 Å². The highest BCUT2D eigenvalue weighted by Crippen LogP contribution is 2.30. The van der Waals surface area contributed by atoms with Gasteiger partial charge < -0.3 is 19.8 Å². The van der Waals surface area contributed by atoms with Crippen LogP contribution in [-0.2, 0) is 11.2 Å². The van der Waals surface area contributed by atoms with Crippen molar-refractivity contribution in [1.82, 2.24) is 9.97 Å². The molecule has 0 saturated heterocycles. The molecule has 2 rings (SSSR count). The third kappa shape index (κ3) is 4.99. The highest BCUT2D eigenvalue weighted by atomic mass is 32.2. The van der Waals surface area contributed by atoms with Gasteiger partial charge in [0.05, 0.1) is 19.5 Å². The molecule has 1 heterocycles. The molecule has 1 atom stereocenters. The van der Waals surface area contributed by atoms with Crippen LogP contribution in [0.2, 0.25) is 0 Å². The minimum Gasteiger partial charge on any atom is -0.493 e. The number of carbonyl (C=O) groups excluding carboxylic acids is 1. The van der Waals surface area contributed by atoms with Gasteiger partial charge in [0.1, 0.15) is 0 Å². The number of carbonyl (C=O) groups is 1. The Morgan fingerprint density at radius 3 is 2.64 bits per heavy atom. The van der Waals surface area contributed by atoms with Crippen molar-refractivity contribution in [2.45, 2.75) is 30.7 Å². The summed E-state index contributed by atoms with van der Waals surface area (Å²) in [4.78, 5) is 31.0. The molecular weight excluding hydrogens is 342 g/mol. The number of nitrogens with zero attached hydrogens (tertiary/aromatic N) is 1. The second-order valence-electron chi connectivity index (χ2n) is 5.21. The smallest absolute Gasteiger partial charge is 0.251 e. The van der Waals surface area contributed by atoms with Crippen molar-refractivity contribution < 1.29 is 14.3 Å². The molecule has 8 heteroatoms. The number of benzene rings is 1. The molecule has 0 saturated carbocycles. The molecular formula is C17H21N3O4S. The number of methoxy groups -OCH3 is 2. The first-order chi connectivity index (χ1) is 12.0. The van der Waals surface area contributed by atoms with Crippen molar-refractivity contribution in [2.75, 3.05) is 19.5 Å². The minimum atomic E-state index is -0.441. The number of aromatic amines is 1. The van der Waals surface area contributed by atoms with E-state index in [9.17, 15) is 9.59 Å². The molecule has 1 aromatic heterocycles. The third-order valence-corrected chi connectivity index (χ3v) is 4.43. The Labute approximate surface area is 150 Å². The zero-order valence-corrected chi connectivity index (χ0v) is 15.4. The normalized spacial score (nSPS) is 11.7. The number of thioether (sulfide) groups is 1. The van der Waals surface area contributed by atoms with E-state index in [0.29, 0.717) is 34.5 Å². The largest absolute Gasteiger partial charge is 0.493 e. The maximum Gasteiger partial charge on any atom is 0.251 e. The van der Waals surface area contributed by atoms with E-state index in [-0.39, 0.29) is 11.5 Å². The van der Waals surface area contributed by atoms with Crippen LogP contribution in [0.3, 0.4) is 0 Å². The van der Waals surface area contributed by atoms with Crippen LogP contribution >= 0.6 is 11.8 Å². The molecule has 0 aliphatic carbocycles. The van der Waals surface area contributed by atoms with Crippen LogP contribution in [0.1, 0.15) is 19.5 Å². The molecule has 2 aromatic rings. The van der Waals surface area contributed by atoms with Gasteiger partial charge in [-0.25, -0.2) is 4.98 Å². The first-order valence-electron chi connectivity index (χ1n) is 7.76. The van der Waals surface area contributed by atoms with Crippen LogP contribution in [0.5, 0.6) is 11.5 Å². The molecule has 0 aliphatic heterocycles. The summed E-state index contributed by atoms with van der Waals surface area (Å²) < 4.78 is 10.4. The van der Waals surface area contributed by atoms with Crippen molar-refractivity contribution in [1.29, 1.82) is 0 Å². The lowest BCUT2D eigenvalue weighted by molar-refractivity contribution is -0.115. The van der Waals surface area contributed by atoms with Gasteiger partial charge in [-0.2, -0.15) is 0 Å². The lowest BCUT2D eigenvalue weighted by Crippen LogP contribution is -2.23. The summed E-state index contributed by atoms with van der Waals surface area (Å²) in [6, 6.07) is 6.59. The fourth-order valence-corrected chi connectivity index (χ4v) is 2.93. The van der Waals surface area contributed by atoms with Gasteiger partial charge in [-0.05, 0) is 25.5 Å². The summed E-state index contributed by atoms with van der Waals surface area (Å²) in [6.07, 6.45) is 0.656. The van der Waals surface area contributed by atoms with E-state index in [1.807, 2.05) is 6.92 Å². The average molecular weight is 363 g/mol. The molecule has 0 fully saturated rings. The van der Waals surface area contributed by atoms with Crippen LogP contribution in [0.4, 0.5) is 5.69 Å². The second kappa shape index (κ2) is 8.57. The molecule has 25 heavy (non-hydrogen) atoms. The average Bonchev–Trinajstić information content (AvgIpc) is 2.60. The standard InChI is InChI=1S/C17H21N3O4S/c1-5-11-9-15(21)20-17(19-11)25-10(2)16(22)18-12-6-7-13(23-3)14(8-12)24-4/h6-10H,5H2,1-4H3,(H,18,22)(H,19,20,21). The Morgan fingerprint density at radius 1 is 1.28 bits per heavy atom. The summed E-state index contributed by atoms with van der Waals surface area (Å²) in [7, 11) is 3.08. The Kier molecular flexibility index (Phi) is 6.46. The van der Waals surface area contributed by atoms with E-state index in [1.54, 1.807) is 32.2 Å². The first kappa shape index (κ1) is 18.9. The summed E-state index contributed by atoms with van der Waals surface area (Å²) in [5.41, 5.74) is 1.07. The summed E-state index contributed by atoms with van der Waals surface area (Å²) in [6.45, 7) is 3.67. The highest BCUT2D eigenvalue weighted by molar-refractivity contribution is 8.00. The number of H-pyrrole nitrogens is 1.